The first-order chi connectivity index (χ1) is 7.24. The summed E-state index contributed by atoms with van der Waals surface area (Å²) in [5, 5.41) is 4.27. The maximum Gasteiger partial charge on any atom is 0.246 e. The molecule has 9 heteroatoms. The van der Waals surface area contributed by atoms with E-state index in [9.17, 15) is 16.8 Å². The highest BCUT2D eigenvalue weighted by molar-refractivity contribution is 7.93. The standard InChI is InChI=1S/C7H9ClN2O4S2/c8-5-15(11,12)10-6-2-1-3-7(4-6)16(9,13)14/h1-4,10H,5H2,(H2,9,13,14). The number of hydrogen-bond acceptors (Lipinski definition) is 4. The minimum Gasteiger partial charge on any atom is -0.283 e. The normalized spacial score (nSPS) is 12.4. The highest BCUT2D eigenvalue weighted by Crippen LogP contribution is 2.15. The summed E-state index contributed by atoms with van der Waals surface area (Å²) in [5.74, 6) is 0. The largest absolute Gasteiger partial charge is 0.283 e. The van der Waals surface area contributed by atoms with Crippen molar-refractivity contribution in [2.75, 3.05) is 9.93 Å². The van der Waals surface area contributed by atoms with Crippen molar-refractivity contribution in [1.29, 1.82) is 0 Å². The van der Waals surface area contributed by atoms with Crippen LogP contribution in [0.4, 0.5) is 5.69 Å². The molecule has 1 rings (SSSR count). The van der Waals surface area contributed by atoms with Crippen LogP contribution in [0.15, 0.2) is 29.2 Å². The molecular formula is C7H9ClN2O4S2. The molecule has 0 amide bonds. The second-order valence-electron chi connectivity index (χ2n) is 2.90. The van der Waals surface area contributed by atoms with Gasteiger partial charge in [-0.15, -0.1) is 11.6 Å². The van der Waals surface area contributed by atoms with Crippen LogP contribution in [0, 0.1) is 0 Å². The summed E-state index contributed by atoms with van der Waals surface area (Å²) < 4.78 is 46.3. The van der Waals surface area contributed by atoms with E-state index in [1.54, 1.807) is 0 Å². The molecule has 0 aliphatic rings. The second kappa shape index (κ2) is 4.58. The first-order valence-corrected chi connectivity index (χ1v) is 7.67. The number of hydrogen-bond donors (Lipinski definition) is 2. The van der Waals surface area contributed by atoms with E-state index in [0.29, 0.717) is 0 Å². The minimum absolute atomic E-state index is 0.0900. The van der Waals surface area contributed by atoms with Gasteiger partial charge in [-0.1, -0.05) is 6.07 Å². The van der Waals surface area contributed by atoms with Gasteiger partial charge in [-0.25, -0.2) is 22.0 Å². The summed E-state index contributed by atoms with van der Waals surface area (Å²) in [6.45, 7) is 0. The number of halogens is 1. The summed E-state index contributed by atoms with van der Waals surface area (Å²) in [5.41, 5.74) is 0.0900. The zero-order valence-corrected chi connectivity index (χ0v) is 10.3. The fourth-order valence-corrected chi connectivity index (χ4v) is 2.21. The Labute approximate surface area is 98.5 Å². The third kappa shape index (κ3) is 3.63. The van der Waals surface area contributed by atoms with Gasteiger partial charge in [0.2, 0.25) is 20.0 Å². The molecule has 0 bridgehead atoms. The molecule has 0 spiro atoms. The third-order valence-electron chi connectivity index (χ3n) is 1.58. The molecule has 0 aliphatic heterocycles. The van der Waals surface area contributed by atoms with Gasteiger partial charge in [0, 0.05) is 5.69 Å². The Balaban J connectivity index is 3.11. The van der Waals surface area contributed by atoms with Gasteiger partial charge in [-0.3, -0.25) is 4.72 Å². The van der Waals surface area contributed by atoms with E-state index >= 15 is 0 Å². The van der Waals surface area contributed by atoms with E-state index in [1.165, 1.54) is 18.2 Å². The quantitative estimate of drug-likeness (QED) is 0.774. The van der Waals surface area contributed by atoms with Crippen LogP contribution >= 0.6 is 11.6 Å². The molecule has 0 aromatic heterocycles. The molecule has 90 valence electrons. The molecule has 6 nitrogen and oxygen atoms in total. The summed E-state index contributed by atoms with van der Waals surface area (Å²) in [6.07, 6.45) is 0. The van der Waals surface area contributed by atoms with Crippen molar-refractivity contribution >= 4 is 37.3 Å². The van der Waals surface area contributed by atoms with Gasteiger partial charge in [0.25, 0.3) is 0 Å². The Morgan fingerprint density at radius 2 is 1.88 bits per heavy atom. The number of primary sulfonamides is 1. The summed E-state index contributed by atoms with van der Waals surface area (Å²) in [4.78, 5) is -0.178. The lowest BCUT2D eigenvalue weighted by Gasteiger charge is -2.06. The van der Waals surface area contributed by atoms with Crippen LogP contribution < -0.4 is 9.86 Å². The smallest absolute Gasteiger partial charge is 0.246 e. The Bertz CT molecular complexity index is 582. The monoisotopic (exact) mass is 284 g/mol. The molecule has 0 fully saturated rings. The van der Waals surface area contributed by atoms with Crippen molar-refractivity contribution in [3.05, 3.63) is 24.3 Å². The van der Waals surface area contributed by atoms with Crippen molar-refractivity contribution in [2.45, 2.75) is 4.90 Å². The van der Waals surface area contributed by atoms with Crippen LogP contribution in [0.3, 0.4) is 0 Å². The maximum atomic E-state index is 11.1. The van der Waals surface area contributed by atoms with Crippen molar-refractivity contribution < 1.29 is 16.8 Å². The highest BCUT2D eigenvalue weighted by Gasteiger charge is 2.11. The van der Waals surface area contributed by atoms with Crippen LogP contribution in [0.1, 0.15) is 0 Å². The van der Waals surface area contributed by atoms with Crippen molar-refractivity contribution in [3.8, 4) is 0 Å². The van der Waals surface area contributed by atoms with E-state index in [0.717, 1.165) is 6.07 Å². The van der Waals surface area contributed by atoms with E-state index in [1.807, 2.05) is 0 Å². The number of anilines is 1. The topological polar surface area (TPSA) is 106 Å². The van der Waals surface area contributed by atoms with E-state index in [4.69, 9.17) is 16.7 Å². The molecule has 0 unspecified atom stereocenters. The summed E-state index contributed by atoms with van der Waals surface area (Å²) in [7, 11) is -7.51. The lowest BCUT2D eigenvalue weighted by molar-refractivity contribution is 0.597. The van der Waals surface area contributed by atoms with Crippen molar-refractivity contribution in [3.63, 3.8) is 0 Å². The Kier molecular flexibility index (Phi) is 3.79. The molecule has 1 aromatic carbocycles. The Hall–Kier alpha value is -0.830. The molecule has 16 heavy (non-hydrogen) atoms. The van der Waals surface area contributed by atoms with Crippen LogP contribution in [-0.4, -0.2) is 22.0 Å². The molecule has 3 N–H and O–H groups in total. The van der Waals surface area contributed by atoms with Gasteiger partial charge in [-0.2, -0.15) is 0 Å². The van der Waals surface area contributed by atoms with Crippen LogP contribution in [0.25, 0.3) is 0 Å². The molecule has 0 heterocycles. The average Bonchev–Trinajstić information content (AvgIpc) is 2.16. The minimum atomic E-state index is -3.86. The number of benzene rings is 1. The molecule has 0 saturated carbocycles. The zero-order valence-electron chi connectivity index (χ0n) is 7.92. The number of sulfonamides is 2. The maximum absolute atomic E-state index is 11.1. The predicted molar refractivity (Wildman–Crippen MR) is 61.1 cm³/mol. The number of rotatable bonds is 4. The van der Waals surface area contributed by atoms with Crippen LogP contribution in [0.2, 0.25) is 0 Å². The number of nitrogens with one attached hydrogen (secondary N) is 1. The fraction of sp³-hybridized carbons (Fsp3) is 0.143. The third-order valence-corrected chi connectivity index (χ3v) is 4.19. The lowest BCUT2D eigenvalue weighted by atomic mass is 10.3. The predicted octanol–water partition coefficient (Wildman–Crippen LogP) is 0.272. The summed E-state index contributed by atoms with van der Waals surface area (Å²) in [6, 6.07) is 5.12. The van der Waals surface area contributed by atoms with E-state index in [-0.39, 0.29) is 10.6 Å². The average molecular weight is 285 g/mol. The van der Waals surface area contributed by atoms with Gasteiger partial charge in [0.05, 0.1) is 4.90 Å². The van der Waals surface area contributed by atoms with Gasteiger partial charge >= 0.3 is 0 Å². The molecule has 0 radical (unpaired) electrons. The van der Waals surface area contributed by atoms with Gasteiger partial charge in [-0.05, 0) is 18.2 Å². The van der Waals surface area contributed by atoms with E-state index in [2.05, 4.69) is 4.72 Å². The van der Waals surface area contributed by atoms with Crippen LogP contribution in [-0.2, 0) is 20.0 Å². The molecular weight excluding hydrogens is 276 g/mol. The lowest BCUT2D eigenvalue weighted by Crippen LogP contribution is -2.15. The van der Waals surface area contributed by atoms with Gasteiger partial charge in [0.15, 0.2) is 0 Å². The van der Waals surface area contributed by atoms with Gasteiger partial charge < -0.3 is 0 Å². The Morgan fingerprint density at radius 3 is 2.38 bits per heavy atom. The highest BCUT2D eigenvalue weighted by atomic mass is 35.5. The molecule has 1 aromatic rings. The summed E-state index contributed by atoms with van der Waals surface area (Å²) >= 11 is 5.18. The second-order valence-corrected chi connectivity index (χ2v) is 6.77. The zero-order chi connectivity index (χ0) is 12.4. The number of nitrogens with two attached hydrogens (primary N) is 1. The van der Waals surface area contributed by atoms with Gasteiger partial charge in [0.1, 0.15) is 5.21 Å². The Morgan fingerprint density at radius 1 is 1.25 bits per heavy atom. The number of alkyl halides is 1. The first kappa shape index (κ1) is 13.2. The van der Waals surface area contributed by atoms with E-state index < -0.39 is 25.3 Å². The molecule has 0 saturated heterocycles. The molecule has 0 aliphatic carbocycles. The van der Waals surface area contributed by atoms with Crippen LogP contribution in [0.5, 0.6) is 0 Å². The first-order valence-electron chi connectivity index (χ1n) is 3.94. The fourth-order valence-electron chi connectivity index (χ4n) is 0.943. The SMILES string of the molecule is NS(=O)(=O)c1cccc(NS(=O)(=O)CCl)c1. The van der Waals surface area contributed by atoms with Crippen molar-refractivity contribution in [1.82, 2.24) is 0 Å². The molecule has 0 atom stereocenters. The van der Waals surface area contributed by atoms with Crippen molar-refractivity contribution in [2.24, 2.45) is 5.14 Å².